The molecule has 0 aromatic carbocycles. The first kappa shape index (κ1) is 11.2. The maximum atomic E-state index is 8.86. The predicted octanol–water partition coefficient (Wildman–Crippen LogP) is 1.49. The maximum Gasteiger partial charge on any atom is 0.148 e. The molecule has 1 rings (SSSR count). The van der Waals surface area contributed by atoms with E-state index in [1.165, 1.54) is 6.33 Å². The highest BCUT2D eigenvalue weighted by atomic mass is 35.5. The highest BCUT2D eigenvalue weighted by molar-refractivity contribution is 6.33. The van der Waals surface area contributed by atoms with Crippen molar-refractivity contribution in [1.29, 1.82) is 0 Å². The summed E-state index contributed by atoms with van der Waals surface area (Å²) in [4.78, 5) is 8.05. The molecule has 0 saturated heterocycles. The number of rotatable bonds is 4. The van der Waals surface area contributed by atoms with Gasteiger partial charge in [-0.25, -0.2) is 9.97 Å². The molecule has 1 unspecified atom stereocenters. The van der Waals surface area contributed by atoms with Gasteiger partial charge in [-0.05, 0) is 13.3 Å². The van der Waals surface area contributed by atoms with Crippen LogP contribution in [0.2, 0.25) is 5.02 Å². The predicted molar refractivity (Wildman–Crippen MR) is 56.6 cm³/mol. The van der Waals surface area contributed by atoms with Crippen LogP contribution in [-0.4, -0.2) is 27.7 Å². The number of aryl methyl sites for hydroxylation is 1. The largest absolute Gasteiger partial charge is 0.394 e. The Hall–Kier alpha value is -0.870. The smallest absolute Gasteiger partial charge is 0.148 e. The van der Waals surface area contributed by atoms with Gasteiger partial charge >= 0.3 is 0 Å². The summed E-state index contributed by atoms with van der Waals surface area (Å²) in [6, 6.07) is -0.0629. The zero-order chi connectivity index (χ0) is 10.6. The van der Waals surface area contributed by atoms with E-state index in [1.54, 1.807) is 0 Å². The summed E-state index contributed by atoms with van der Waals surface area (Å²) in [7, 11) is 0. The monoisotopic (exact) mass is 215 g/mol. The second kappa shape index (κ2) is 5.12. The Morgan fingerprint density at radius 3 is 2.86 bits per heavy atom. The molecule has 78 valence electrons. The molecular weight excluding hydrogens is 202 g/mol. The molecule has 1 heterocycles. The fraction of sp³-hybridized carbons (Fsp3) is 0.556. The second-order valence-electron chi connectivity index (χ2n) is 3.06. The van der Waals surface area contributed by atoms with Crippen LogP contribution in [0, 0.1) is 0 Å². The quantitative estimate of drug-likeness (QED) is 0.799. The minimum atomic E-state index is -0.0629. The summed E-state index contributed by atoms with van der Waals surface area (Å²) in [6.07, 6.45) is 2.24. The van der Waals surface area contributed by atoms with Crippen LogP contribution in [0.1, 0.15) is 19.5 Å². The normalized spacial score (nSPS) is 12.6. The lowest BCUT2D eigenvalue weighted by atomic mass is 10.3. The number of aliphatic hydroxyl groups excluding tert-OH is 1. The van der Waals surface area contributed by atoms with E-state index in [1.807, 2.05) is 13.8 Å². The number of aromatic nitrogens is 2. The summed E-state index contributed by atoms with van der Waals surface area (Å²) >= 11 is 6.04. The lowest BCUT2D eigenvalue weighted by Crippen LogP contribution is -2.20. The molecule has 0 spiro atoms. The molecule has 0 aliphatic rings. The van der Waals surface area contributed by atoms with Crippen molar-refractivity contribution in [1.82, 2.24) is 9.97 Å². The van der Waals surface area contributed by atoms with Gasteiger partial charge in [0.25, 0.3) is 0 Å². The minimum Gasteiger partial charge on any atom is -0.394 e. The van der Waals surface area contributed by atoms with Gasteiger partial charge in [0.1, 0.15) is 17.2 Å². The molecule has 4 nitrogen and oxygen atoms in total. The van der Waals surface area contributed by atoms with E-state index in [9.17, 15) is 0 Å². The van der Waals surface area contributed by atoms with E-state index in [-0.39, 0.29) is 12.6 Å². The molecule has 1 aromatic rings. The van der Waals surface area contributed by atoms with E-state index in [4.69, 9.17) is 16.7 Å². The van der Waals surface area contributed by atoms with Crippen LogP contribution >= 0.6 is 11.6 Å². The number of aliphatic hydroxyl groups is 1. The number of halogens is 1. The Labute approximate surface area is 88.3 Å². The van der Waals surface area contributed by atoms with E-state index in [0.717, 1.165) is 12.1 Å². The van der Waals surface area contributed by atoms with E-state index in [2.05, 4.69) is 15.3 Å². The lowest BCUT2D eigenvalue weighted by molar-refractivity contribution is 0.281. The topological polar surface area (TPSA) is 58.0 Å². The Balaban J connectivity index is 2.86. The van der Waals surface area contributed by atoms with Crippen LogP contribution < -0.4 is 5.32 Å². The van der Waals surface area contributed by atoms with Gasteiger partial charge in [-0.1, -0.05) is 18.5 Å². The van der Waals surface area contributed by atoms with E-state index >= 15 is 0 Å². The van der Waals surface area contributed by atoms with Crippen LogP contribution in [0.4, 0.5) is 5.82 Å². The Morgan fingerprint density at radius 1 is 1.57 bits per heavy atom. The van der Waals surface area contributed by atoms with Crippen LogP contribution in [-0.2, 0) is 6.42 Å². The lowest BCUT2D eigenvalue weighted by Gasteiger charge is -2.13. The zero-order valence-electron chi connectivity index (χ0n) is 8.29. The Bertz CT molecular complexity index is 306. The van der Waals surface area contributed by atoms with Crippen molar-refractivity contribution in [3.8, 4) is 0 Å². The first-order chi connectivity index (χ1) is 6.69. The van der Waals surface area contributed by atoms with Crippen molar-refractivity contribution < 1.29 is 5.11 Å². The van der Waals surface area contributed by atoms with Crippen molar-refractivity contribution >= 4 is 17.4 Å². The average Bonchev–Trinajstić information content (AvgIpc) is 2.21. The summed E-state index contributed by atoms with van der Waals surface area (Å²) in [6.45, 7) is 3.87. The number of nitrogens with zero attached hydrogens (tertiary/aromatic N) is 2. The first-order valence-corrected chi connectivity index (χ1v) is 4.93. The molecule has 14 heavy (non-hydrogen) atoms. The zero-order valence-corrected chi connectivity index (χ0v) is 9.04. The molecule has 0 aliphatic carbocycles. The highest BCUT2D eigenvalue weighted by Gasteiger charge is 2.09. The number of nitrogens with one attached hydrogen (secondary N) is 1. The molecule has 5 heteroatoms. The molecule has 0 aliphatic heterocycles. The highest BCUT2D eigenvalue weighted by Crippen LogP contribution is 2.22. The summed E-state index contributed by atoms with van der Waals surface area (Å²) in [5, 5.41) is 12.4. The third-order valence-electron chi connectivity index (χ3n) is 1.85. The van der Waals surface area contributed by atoms with Crippen LogP contribution in [0.5, 0.6) is 0 Å². The van der Waals surface area contributed by atoms with Crippen LogP contribution in [0.3, 0.4) is 0 Å². The molecule has 0 saturated carbocycles. The van der Waals surface area contributed by atoms with Crippen LogP contribution in [0.15, 0.2) is 6.33 Å². The van der Waals surface area contributed by atoms with Crippen molar-refractivity contribution in [2.75, 3.05) is 11.9 Å². The Kier molecular flexibility index (Phi) is 4.10. The standard InChI is InChI=1S/C9H14ClN3O/c1-3-7-8(10)9(12-5-11-7)13-6(2)4-14/h5-6,14H,3-4H2,1-2H3,(H,11,12,13). The Morgan fingerprint density at radius 2 is 2.29 bits per heavy atom. The number of anilines is 1. The SMILES string of the molecule is CCc1ncnc(NC(C)CO)c1Cl. The maximum absolute atomic E-state index is 8.86. The fourth-order valence-electron chi connectivity index (χ4n) is 1.03. The number of hydrogen-bond donors (Lipinski definition) is 2. The first-order valence-electron chi connectivity index (χ1n) is 4.55. The van der Waals surface area contributed by atoms with E-state index in [0.29, 0.717) is 10.8 Å². The van der Waals surface area contributed by atoms with Gasteiger partial charge in [0.2, 0.25) is 0 Å². The molecule has 1 aromatic heterocycles. The van der Waals surface area contributed by atoms with Gasteiger partial charge in [0.05, 0.1) is 12.3 Å². The molecule has 0 bridgehead atoms. The molecular formula is C9H14ClN3O. The van der Waals surface area contributed by atoms with Gasteiger partial charge < -0.3 is 10.4 Å². The number of hydrogen-bond acceptors (Lipinski definition) is 4. The average molecular weight is 216 g/mol. The van der Waals surface area contributed by atoms with Gasteiger partial charge in [-0.2, -0.15) is 0 Å². The minimum absolute atomic E-state index is 0.0434. The van der Waals surface area contributed by atoms with Gasteiger partial charge in [0, 0.05) is 6.04 Å². The third kappa shape index (κ3) is 2.56. The van der Waals surface area contributed by atoms with Gasteiger partial charge in [-0.15, -0.1) is 0 Å². The molecule has 0 amide bonds. The summed E-state index contributed by atoms with van der Waals surface area (Å²) < 4.78 is 0. The fourth-order valence-corrected chi connectivity index (χ4v) is 1.32. The summed E-state index contributed by atoms with van der Waals surface area (Å²) in [5.74, 6) is 0.583. The molecule has 0 fully saturated rings. The molecule has 0 radical (unpaired) electrons. The third-order valence-corrected chi connectivity index (χ3v) is 2.25. The molecule has 2 N–H and O–H groups in total. The van der Waals surface area contributed by atoms with Crippen molar-refractivity contribution in [2.24, 2.45) is 0 Å². The van der Waals surface area contributed by atoms with Crippen molar-refractivity contribution in [2.45, 2.75) is 26.3 Å². The van der Waals surface area contributed by atoms with Gasteiger partial charge in [0.15, 0.2) is 0 Å². The van der Waals surface area contributed by atoms with Crippen molar-refractivity contribution in [3.63, 3.8) is 0 Å². The van der Waals surface area contributed by atoms with E-state index < -0.39 is 0 Å². The molecule has 1 atom stereocenters. The van der Waals surface area contributed by atoms with Crippen molar-refractivity contribution in [3.05, 3.63) is 17.0 Å². The van der Waals surface area contributed by atoms with Crippen LogP contribution in [0.25, 0.3) is 0 Å². The second-order valence-corrected chi connectivity index (χ2v) is 3.44. The van der Waals surface area contributed by atoms with Gasteiger partial charge in [-0.3, -0.25) is 0 Å². The summed E-state index contributed by atoms with van der Waals surface area (Å²) in [5.41, 5.74) is 0.814.